The highest BCUT2D eigenvalue weighted by atomic mass is 16.5. The molecule has 0 aromatic rings. The lowest BCUT2D eigenvalue weighted by Gasteiger charge is -2.31. The largest absolute Gasteiger partial charge is 0.465 e. The Balaban J connectivity index is 2.50. The number of ether oxygens (including phenoxy) is 1. The van der Waals surface area contributed by atoms with Crippen molar-refractivity contribution in [2.45, 2.75) is 64.8 Å². The lowest BCUT2D eigenvalue weighted by Crippen LogP contribution is -2.52. The molecule has 0 radical (unpaired) electrons. The van der Waals surface area contributed by atoms with Crippen LogP contribution in [0.15, 0.2) is 0 Å². The fourth-order valence-electron chi connectivity index (χ4n) is 3.19. The number of unbranched alkanes of at least 4 members (excludes halogenated alkanes) is 1. The van der Waals surface area contributed by atoms with Gasteiger partial charge in [-0.15, -0.1) is 0 Å². The van der Waals surface area contributed by atoms with Gasteiger partial charge in [0.15, 0.2) is 0 Å². The molecule has 0 aromatic carbocycles. The van der Waals surface area contributed by atoms with Crippen LogP contribution in [0.4, 0.5) is 0 Å². The maximum atomic E-state index is 12.1. The topological polar surface area (TPSA) is 55.6 Å². The fourth-order valence-corrected chi connectivity index (χ4v) is 3.19. The predicted molar refractivity (Wildman–Crippen MR) is 82.5 cm³/mol. The summed E-state index contributed by atoms with van der Waals surface area (Å²) < 4.78 is 5.18. The van der Waals surface area contributed by atoms with Crippen molar-refractivity contribution in [1.82, 2.24) is 4.90 Å². The first-order valence-corrected chi connectivity index (χ1v) is 8.26. The third-order valence-electron chi connectivity index (χ3n) is 4.60. The van der Waals surface area contributed by atoms with E-state index in [9.17, 15) is 4.79 Å². The van der Waals surface area contributed by atoms with Gasteiger partial charge in [0.2, 0.25) is 0 Å². The van der Waals surface area contributed by atoms with E-state index in [1.54, 1.807) is 0 Å². The zero-order valence-corrected chi connectivity index (χ0v) is 13.5. The number of nitrogens with two attached hydrogens (primary N) is 1. The van der Waals surface area contributed by atoms with Crippen LogP contribution in [-0.4, -0.2) is 42.6 Å². The molecule has 2 atom stereocenters. The van der Waals surface area contributed by atoms with Gasteiger partial charge >= 0.3 is 5.97 Å². The average Bonchev–Trinajstić information content (AvgIpc) is 2.82. The van der Waals surface area contributed by atoms with Gasteiger partial charge in [0, 0.05) is 0 Å². The van der Waals surface area contributed by atoms with E-state index in [1.807, 2.05) is 6.92 Å². The zero-order valence-electron chi connectivity index (χ0n) is 13.5. The Morgan fingerprint density at radius 1 is 1.35 bits per heavy atom. The number of hydrogen-bond acceptors (Lipinski definition) is 4. The molecule has 1 fully saturated rings. The third-order valence-corrected chi connectivity index (χ3v) is 4.60. The van der Waals surface area contributed by atoms with Crippen LogP contribution in [0.1, 0.15) is 59.3 Å². The lowest BCUT2D eigenvalue weighted by atomic mass is 9.85. The first-order valence-electron chi connectivity index (χ1n) is 8.26. The van der Waals surface area contributed by atoms with Crippen LogP contribution in [0.25, 0.3) is 0 Å². The van der Waals surface area contributed by atoms with Crippen LogP contribution in [-0.2, 0) is 9.53 Å². The number of carbonyl (C=O) groups excluding carboxylic acids is 1. The standard InChI is InChI=1S/C16H32N2O2/c1-4-7-12-18(5-2)13-10-14-9-8-11-16(14,17)15(19)20-6-3/h14H,4-13,17H2,1-3H3. The predicted octanol–water partition coefficient (Wildman–Crippen LogP) is 2.56. The molecule has 1 aliphatic carbocycles. The summed E-state index contributed by atoms with van der Waals surface area (Å²) in [7, 11) is 0. The van der Waals surface area contributed by atoms with E-state index < -0.39 is 5.54 Å². The second-order valence-corrected chi connectivity index (χ2v) is 5.93. The molecule has 0 aromatic heterocycles. The highest BCUT2D eigenvalue weighted by Crippen LogP contribution is 2.37. The van der Waals surface area contributed by atoms with Gasteiger partial charge in [0.25, 0.3) is 0 Å². The van der Waals surface area contributed by atoms with E-state index >= 15 is 0 Å². The summed E-state index contributed by atoms with van der Waals surface area (Å²) in [6.45, 7) is 9.94. The van der Waals surface area contributed by atoms with E-state index in [0.717, 1.165) is 45.3 Å². The number of carbonyl (C=O) groups is 1. The van der Waals surface area contributed by atoms with Crippen LogP contribution in [0.3, 0.4) is 0 Å². The van der Waals surface area contributed by atoms with Crippen molar-refractivity contribution in [3.63, 3.8) is 0 Å². The van der Waals surface area contributed by atoms with Crippen molar-refractivity contribution >= 4 is 5.97 Å². The molecule has 1 rings (SSSR count). The summed E-state index contributed by atoms with van der Waals surface area (Å²) in [5.41, 5.74) is 5.63. The van der Waals surface area contributed by atoms with E-state index in [2.05, 4.69) is 18.7 Å². The summed E-state index contributed by atoms with van der Waals surface area (Å²) >= 11 is 0. The molecule has 1 saturated carbocycles. The molecule has 0 aliphatic heterocycles. The molecule has 2 unspecified atom stereocenters. The zero-order chi connectivity index (χ0) is 15.0. The number of esters is 1. The fraction of sp³-hybridized carbons (Fsp3) is 0.938. The Labute approximate surface area is 124 Å². The van der Waals surface area contributed by atoms with Gasteiger partial charge in [-0.05, 0) is 58.2 Å². The van der Waals surface area contributed by atoms with Crippen molar-refractivity contribution in [3.05, 3.63) is 0 Å². The monoisotopic (exact) mass is 284 g/mol. The van der Waals surface area contributed by atoms with Crippen molar-refractivity contribution < 1.29 is 9.53 Å². The Kier molecular flexibility index (Phi) is 7.52. The molecular weight excluding hydrogens is 252 g/mol. The quantitative estimate of drug-likeness (QED) is 0.661. The van der Waals surface area contributed by atoms with Crippen molar-refractivity contribution in [1.29, 1.82) is 0 Å². The van der Waals surface area contributed by atoms with Crippen molar-refractivity contribution in [2.24, 2.45) is 11.7 Å². The second kappa shape index (κ2) is 8.63. The van der Waals surface area contributed by atoms with Crippen LogP contribution in [0.5, 0.6) is 0 Å². The normalized spacial score (nSPS) is 26.1. The summed E-state index contributed by atoms with van der Waals surface area (Å²) in [5.74, 6) is 0.0799. The van der Waals surface area contributed by atoms with Gasteiger partial charge in [-0.25, -0.2) is 0 Å². The van der Waals surface area contributed by atoms with Gasteiger partial charge in [-0.2, -0.15) is 0 Å². The Bertz CT molecular complexity index is 296. The minimum atomic E-state index is -0.736. The molecule has 1 aliphatic rings. The number of rotatable bonds is 9. The minimum absolute atomic E-state index is 0.195. The molecule has 0 amide bonds. The second-order valence-electron chi connectivity index (χ2n) is 5.93. The van der Waals surface area contributed by atoms with Gasteiger partial charge < -0.3 is 15.4 Å². The first-order chi connectivity index (χ1) is 9.58. The molecular formula is C16H32N2O2. The molecule has 4 heteroatoms. The van der Waals surface area contributed by atoms with Gasteiger partial charge in [0.05, 0.1) is 6.61 Å². The Morgan fingerprint density at radius 2 is 2.10 bits per heavy atom. The maximum Gasteiger partial charge on any atom is 0.326 e. The summed E-state index contributed by atoms with van der Waals surface area (Å²) in [4.78, 5) is 14.6. The Morgan fingerprint density at radius 3 is 2.70 bits per heavy atom. The summed E-state index contributed by atoms with van der Waals surface area (Å²) in [5, 5.41) is 0. The minimum Gasteiger partial charge on any atom is -0.465 e. The molecule has 0 bridgehead atoms. The van der Waals surface area contributed by atoms with E-state index in [0.29, 0.717) is 6.61 Å². The van der Waals surface area contributed by atoms with Crippen LogP contribution >= 0.6 is 0 Å². The number of nitrogens with zero attached hydrogens (tertiary/aromatic N) is 1. The lowest BCUT2D eigenvalue weighted by molar-refractivity contribution is -0.151. The summed E-state index contributed by atoms with van der Waals surface area (Å²) in [6, 6.07) is 0. The highest BCUT2D eigenvalue weighted by Gasteiger charge is 2.46. The molecule has 0 spiro atoms. The van der Waals surface area contributed by atoms with E-state index in [-0.39, 0.29) is 11.9 Å². The van der Waals surface area contributed by atoms with Crippen LogP contribution < -0.4 is 5.73 Å². The van der Waals surface area contributed by atoms with Crippen molar-refractivity contribution in [3.8, 4) is 0 Å². The van der Waals surface area contributed by atoms with Crippen molar-refractivity contribution in [2.75, 3.05) is 26.2 Å². The van der Waals surface area contributed by atoms with Gasteiger partial charge in [-0.3, -0.25) is 4.79 Å². The van der Waals surface area contributed by atoms with Gasteiger partial charge in [-0.1, -0.05) is 26.7 Å². The molecule has 20 heavy (non-hydrogen) atoms. The van der Waals surface area contributed by atoms with E-state index in [4.69, 9.17) is 10.5 Å². The van der Waals surface area contributed by atoms with Crippen LogP contribution in [0.2, 0.25) is 0 Å². The molecule has 0 heterocycles. The maximum absolute atomic E-state index is 12.1. The van der Waals surface area contributed by atoms with Gasteiger partial charge in [0.1, 0.15) is 5.54 Å². The third kappa shape index (κ3) is 4.45. The smallest absolute Gasteiger partial charge is 0.326 e. The molecule has 2 N–H and O–H groups in total. The summed E-state index contributed by atoms with van der Waals surface area (Å²) in [6.07, 6.45) is 6.35. The Hall–Kier alpha value is -0.610. The molecule has 0 saturated heterocycles. The average molecular weight is 284 g/mol. The first kappa shape index (κ1) is 17.4. The van der Waals surface area contributed by atoms with E-state index in [1.165, 1.54) is 12.8 Å². The molecule has 4 nitrogen and oxygen atoms in total. The highest BCUT2D eigenvalue weighted by molar-refractivity contribution is 5.81. The number of hydrogen-bond donors (Lipinski definition) is 1. The van der Waals surface area contributed by atoms with Crippen LogP contribution in [0, 0.1) is 5.92 Å². The molecule has 118 valence electrons. The SMILES string of the molecule is CCCCN(CC)CCC1CCCC1(N)C(=O)OCC.